The second kappa shape index (κ2) is 12.1. The number of amides is 3. The molecular formula is C28H33FN4O5. The van der Waals surface area contributed by atoms with Gasteiger partial charge in [0, 0.05) is 56.1 Å². The third-order valence-corrected chi connectivity index (χ3v) is 6.82. The van der Waals surface area contributed by atoms with Gasteiger partial charge < -0.3 is 19.7 Å². The lowest BCUT2D eigenvalue weighted by Gasteiger charge is -2.40. The van der Waals surface area contributed by atoms with Crippen molar-refractivity contribution in [2.45, 2.75) is 19.9 Å². The van der Waals surface area contributed by atoms with Crippen molar-refractivity contribution in [3.05, 3.63) is 76.7 Å². The number of para-hydroxylation sites is 1. The number of ether oxygens (including phenoxy) is 2. The van der Waals surface area contributed by atoms with Gasteiger partial charge in [-0.15, -0.1) is 0 Å². The summed E-state index contributed by atoms with van der Waals surface area (Å²) in [5.41, 5.74) is 2.04. The number of urea groups is 1. The molecule has 1 fully saturated rings. The molecular weight excluding hydrogens is 491 g/mol. The Balaban J connectivity index is 1.61. The molecule has 1 saturated heterocycles. The normalized spacial score (nSPS) is 18.3. The number of piperazine rings is 1. The number of benzene rings is 2. The van der Waals surface area contributed by atoms with E-state index in [9.17, 15) is 18.8 Å². The van der Waals surface area contributed by atoms with Gasteiger partial charge in [0.15, 0.2) is 0 Å². The van der Waals surface area contributed by atoms with Gasteiger partial charge in [-0.3, -0.25) is 14.6 Å². The van der Waals surface area contributed by atoms with Crippen LogP contribution in [0.15, 0.2) is 59.8 Å². The molecule has 9 nitrogen and oxygen atoms in total. The van der Waals surface area contributed by atoms with Crippen molar-refractivity contribution in [2.75, 3.05) is 53.0 Å². The maximum absolute atomic E-state index is 13.3. The van der Waals surface area contributed by atoms with Gasteiger partial charge in [-0.1, -0.05) is 18.2 Å². The number of hydrogen-bond acceptors (Lipinski definition) is 6. The number of halogens is 1. The Morgan fingerprint density at radius 3 is 2.34 bits per heavy atom. The Kier molecular flexibility index (Phi) is 8.62. The second-order valence-electron chi connectivity index (χ2n) is 9.02. The van der Waals surface area contributed by atoms with Crippen LogP contribution in [0.2, 0.25) is 0 Å². The topological polar surface area (TPSA) is 91.4 Å². The van der Waals surface area contributed by atoms with Crippen molar-refractivity contribution in [3.8, 4) is 5.75 Å². The molecule has 0 bridgehead atoms. The van der Waals surface area contributed by atoms with Crippen molar-refractivity contribution < 1.29 is 28.2 Å². The quantitative estimate of drug-likeness (QED) is 0.534. The maximum atomic E-state index is 13.3. The van der Waals surface area contributed by atoms with Gasteiger partial charge in [-0.25, -0.2) is 14.0 Å². The van der Waals surface area contributed by atoms with Gasteiger partial charge in [0.05, 0.1) is 25.3 Å². The van der Waals surface area contributed by atoms with E-state index in [1.807, 2.05) is 25.1 Å². The fraction of sp³-hybridized carbons (Fsp3) is 0.393. The summed E-state index contributed by atoms with van der Waals surface area (Å²) in [6.45, 7) is 6.51. The molecule has 2 aliphatic rings. The molecule has 0 aliphatic carbocycles. The molecule has 2 aromatic rings. The van der Waals surface area contributed by atoms with Crippen LogP contribution in [0, 0.1) is 5.82 Å². The monoisotopic (exact) mass is 524 g/mol. The zero-order valence-electron chi connectivity index (χ0n) is 21.9. The summed E-state index contributed by atoms with van der Waals surface area (Å²) in [6, 6.07) is 11.7. The van der Waals surface area contributed by atoms with Crippen molar-refractivity contribution in [1.82, 2.24) is 20.0 Å². The highest BCUT2D eigenvalue weighted by atomic mass is 19.1. The van der Waals surface area contributed by atoms with Crippen molar-refractivity contribution in [1.29, 1.82) is 0 Å². The Bertz CT molecular complexity index is 1210. The summed E-state index contributed by atoms with van der Waals surface area (Å²) in [6.07, 6.45) is 0. The number of nitrogens with zero attached hydrogens (tertiary/aromatic N) is 3. The van der Waals surface area contributed by atoms with E-state index < -0.39 is 12.0 Å². The molecule has 0 unspecified atom stereocenters. The SMILES string of the molecule is CCOC(=O)C1=C(CN2CCN(C(=O)c3ccc(F)cc3)CC2)N(CC)C(=O)N[C@@H]1c1ccccc1OC. The average molecular weight is 525 g/mol. The Morgan fingerprint density at radius 2 is 1.71 bits per heavy atom. The highest BCUT2D eigenvalue weighted by Crippen LogP contribution is 2.36. The first-order chi connectivity index (χ1) is 18.4. The number of likely N-dealkylation sites (N-methyl/N-ethyl adjacent to an activating group) is 1. The number of carbonyl (C=O) groups excluding carboxylic acids is 3. The minimum absolute atomic E-state index is 0.153. The van der Waals surface area contributed by atoms with E-state index in [2.05, 4.69) is 10.2 Å². The molecule has 2 aromatic carbocycles. The summed E-state index contributed by atoms with van der Waals surface area (Å²) in [4.78, 5) is 44.8. The van der Waals surface area contributed by atoms with E-state index in [1.54, 1.807) is 29.9 Å². The number of rotatable bonds is 8. The predicted molar refractivity (Wildman–Crippen MR) is 139 cm³/mol. The molecule has 2 aliphatic heterocycles. The van der Waals surface area contributed by atoms with Crippen LogP contribution in [0.25, 0.3) is 0 Å². The third-order valence-electron chi connectivity index (χ3n) is 6.82. The van der Waals surface area contributed by atoms with Crippen molar-refractivity contribution >= 4 is 17.9 Å². The maximum Gasteiger partial charge on any atom is 0.338 e. The molecule has 0 radical (unpaired) electrons. The molecule has 3 amide bonds. The Hall–Kier alpha value is -3.92. The van der Waals surface area contributed by atoms with Gasteiger partial charge in [0.2, 0.25) is 0 Å². The first kappa shape index (κ1) is 27.1. The van der Waals surface area contributed by atoms with Gasteiger partial charge >= 0.3 is 12.0 Å². The highest BCUT2D eigenvalue weighted by molar-refractivity contribution is 5.96. The van der Waals surface area contributed by atoms with Crippen molar-refractivity contribution in [2.24, 2.45) is 0 Å². The van der Waals surface area contributed by atoms with E-state index in [1.165, 1.54) is 24.3 Å². The first-order valence-corrected chi connectivity index (χ1v) is 12.8. The van der Waals surface area contributed by atoms with E-state index >= 15 is 0 Å². The summed E-state index contributed by atoms with van der Waals surface area (Å²) >= 11 is 0. The second-order valence-corrected chi connectivity index (χ2v) is 9.02. The lowest BCUT2D eigenvalue weighted by atomic mass is 9.93. The summed E-state index contributed by atoms with van der Waals surface area (Å²) in [5.74, 6) is -0.487. The average Bonchev–Trinajstić information content (AvgIpc) is 2.93. The van der Waals surface area contributed by atoms with Crippen LogP contribution >= 0.6 is 0 Å². The molecule has 0 spiro atoms. The zero-order valence-corrected chi connectivity index (χ0v) is 21.9. The third kappa shape index (κ3) is 5.65. The lowest BCUT2D eigenvalue weighted by Crippen LogP contribution is -2.53. The largest absolute Gasteiger partial charge is 0.496 e. The predicted octanol–water partition coefficient (Wildman–Crippen LogP) is 3.20. The summed E-state index contributed by atoms with van der Waals surface area (Å²) in [7, 11) is 1.54. The van der Waals surface area contributed by atoms with E-state index in [0.29, 0.717) is 67.4 Å². The van der Waals surface area contributed by atoms with Crippen LogP contribution in [0.5, 0.6) is 5.75 Å². The lowest BCUT2D eigenvalue weighted by molar-refractivity contribution is -0.139. The van der Waals surface area contributed by atoms with Crippen LogP contribution in [-0.4, -0.2) is 85.6 Å². The van der Waals surface area contributed by atoms with E-state index in [0.717, 1.165) is 0 Å². The molecule has 1 atom stereocenters. The molecule has 38 heavy (non-hydrogen) atoms. The van der Waals surface area contributed by atoms with Gasteiger partial charge in [0.1, 0.15) is 11.6 Å². The first-order valence-electron chi connectivity index (χ1n) is 12.8. The van der Waals surface area contributed by atoms with E-state index in [-0.39, 0.29) is 24.4 Å². The Labute approximate surface area is 221 Å². The summed E-state index contributed by atoms with van der Waals surface area (Å²) < 4.78 is 24.2. The van der Waals surface area contributed by atoms with Crippen LogP contribution in [0.3, 0.4) is 0 Å². The molecule has 1 N–H and O–H groups in total. The standard InChI is InChI=1S/C28H33FN4O5/c1-4-33-22(18-31-14-16-32(17-15-31)26(34)19-10-12-20(29)13-11-19)24(27(35)38-5-2)25(30-28(33)36)21-8-6-7-9-23(21)37-3/h6-13,25H,4-5,14-18H2,1-3H3,(H,30,36)/t25-/m1/s1. The molecule has 0 saturated carbocycles. The summed E-state index contributed by atoms with van der Waals surface area (Å²) in [5, 5.41) is 2.96. The van der Waals surface area contributed by atoms with Crippen LogP contribution in [0.1, 0.15) is 35.8 Å². The highest BCUT2D eigenvalue weighted by Gasteiger charge is 2.39. The van der Waals surface area contributed by atoms with E-state index in [4.69, 9.17) is 9.47 Å². The fourth-order valence-corrected chi connectivity index (χ4v) is 4.89. The molecule has 4 rings (SSSR count). The number of methoxy groups -OCH3 is 1. The van der Waals surface area contributed by atoms with Crippen LogP contribution in [0.4, 0.5) is 9.18 Å². The van der Waals surface area contributed by atoms with Gasteiger partial charge in [0.25, 0.3) is 5.91 Å². The number of nitrogens with one attached hydrogen (secondary N) is 1. The van der Waals surface area contributed by atoms with Gasteiger partial charge in [-0.05, 0) is 44.2 Å². The fourth-order valence-electron chi connectivity index (χ4n) is 4.89. The molecule has 202 valence electrons. The smallest absolute Gasteiger partial charge is 0.338 e. The van der Waals surface area contributed by atoms with Crippen LogP contribution < -0.4 is 10.1 Å². The molecule has 2 heterocycles. The Morgan fingerprint density at radius 1 is 1.03 bits per heavy atom. The number of esters is 1. The minimum Gasteiger partial charge on any atom is -0.496 e. The van der Waals surface area contributed by atoms with Gasteiger partial charge in [-0.2, -0.15) is 0 Å². The number of carbonyl (C=O) groups is 3. The molecule has 0 aromatic heterocycles. The minimum atomic E-state index is -0.739. The van der Waals surface area contributed by atoms with Crippen LogP contribution in [-0.2, 0) is 9.53 Å². The van der Waals surface area contributed by atoms with Crippen molar-refractivity contribution in [3.63, 3.8) is 0 Å². The zero-order chi connectivity index (χ0) is 27.2. The number of hydrogen-bond donors (Lipinski definition) is 1. The molecule has 10 heteroatoms.